The predicted molar refractivity (Wildman–Crippen MR) is 107 cm³/mol. The van der Waals surface area contributed by atoms with Gasteiger partial charge in [-0.25, -0.2) is 4.79 Å². The third kappa shape index (κ3) is 5.40. The van der Waals surface area contributed by atoms with Gasteiger partial charge in [0.05, 0.1) is 6.61 Å². The SMILES string of the molecule is CCCCCC(=O)N1[C@H](C(=O)OCCCC)CS[C@H]1c1ccccc1Cl. The van der Waals surface area contributed by atoms with Crippen LogP contribution >= 0.6 is 23.4 Å². The summed E-state index contributed by atoms with van der Waals surface area (Å²) in [5.74, 6) is 0.246. The lowest BCUT2D eigenvalue weighted by molar-refractivity contribution is -0.154. The van der Waals surface area contributed by atoms with Crippen molar-refractivity contribution in [2.75, 3.05) is 12.4 Å². The summed E-state index contributed by atoms with van der Waals surface area (Å²) in [6.45, 7) is 4.57. The molecule has 6 heteroatoms. The first-order valence-electron chi connectivity index (χ1n) is 9.44. The van der Waals surface area contributed by atoms with Crippen LogP contribution in [-0.4, -0.2) is 35.2 Å². The molecule has 1 aromatic rings. The smallest absolute Gasteiger partial charge is 0.329 e. The van der Waals surface area contributed by atoms with Crippen molar-refractivity contribution in [3.63, 3.8) is 0 Å². The van der Waals surface area contributed by atoms with Crippen LogP contribution in [0.25, 0.3) is 0 Å². The van der Waals surface area contributed by atoms with Crippen LogP contribution in [0.3, 0.4) is 0 Å². The van der Waals surface area contributed by atoms with Crippen LogP contribution in [0, 0.1) is 0 Å². The minimum atomic E-state index is -0.535. The number of nitrogens with zero attached hydrogens (tertiary/aromatic N) is 1. The van der Waals surface area contributed by atoms with Crippen molar-refractivity contribution in [1.82, 2.24) is 4.90 Å². The molecule has 1 amide bonds. The third-order valence-electron chi connectivity index (χ3n) is 4.47. The highest BCUT2D eigenvalue weighted by Crippen LogP contribution is 2.44. The minimum Gasteiger partial charge on any atom is -0.464 e. The van der Waals surface area contributed by atoms with Crippen LogP contribution < -0.4 is 0 Å². The normalized spacial score (nSPS) is 19.6. The Morgan fingerprint density at radius 1 is 1.19 bits per heavy atom. The summed E-state index contributed by atoms with van der Waals surface area (Å²) in [5, 5.41) is 0.387. The van der Waals surface area contributed by atoms with Crippen LogP contribution in [0.4, 0.5) is 0 Å². The van der Waals surface area contributed by atoms with Crippen molar-refractivity contribution >= 4 is 35.2 Å². The number of hydrogen-bond donors (Lipinski definition) is 0. The molecule has 0 radical (unpaired) electrons. The Morgan fingerprint density at radius 3 is 2.62 bits per heavy atom. The molecule has 2 atom stereocenters. The molecule has 0 saturated carbocycles. The lowest BCUT2D eigenvalue weighted by Gasteiger charge is -2.29. The van der Waals surface area contributed by atoms with E-state index in [1.165, 1.54) is 0 Å². The molecule has 1 fully saturated rings. The van der Waals surface area contributed by atoms with Gasteiger partial charge >= 0.3 is 5.97 Å². The molecule has 0 aromatic heterocycles. The first-order chi connectivity index (χ1) is 12.6. The van der Waals surface area contributed by atoms with Gasteiger partial charge in [0.1, 0.15) is 11.4 Å². The summed E-state index contributed by atoms with van der Waals surface area (Å²) in [5.41, 5.74) is 0.881. The quantitative estimate of drug-likeness (QED) is 0.424. The Morgan fingerprint density at radius 2 is 1.92 bits per heavy atom. The predicted octanol–water partition coefficient (Wildman–Crippen LogP) is 5.21. The fourth-order valence-corrected chi connectivity index (χ4v) is 4.75. The number of ether oxygens (including phenoxy) is 1. The fourth-order valence-electron chi connectivity index (χ4n) is 2.98. The highest BCUT2D eigenvalue weighted by atomic mass is 35.5. The van der Waals surface area contributed by atoms with Crippen molar-refractivity contribution in [3.8, 4) is 0 Å². The molecule has 1 saturated heterocycles. The average Bonchev–Trinajstić information content (AvgIpc) is 3.07. The molecule has 1 aliphatic rings. The molecular weight excluding hydrogens is 370 g/mol. The molecular formula is C20H28ClNO3S. The zero-order valence-electron chi connectivity index (χ0n) is 15.6. The number of hydrogen-bond acceptors (Lipinski definition) is 4. The highest BCUT2D eigenvalue weighted by molar-refractivity contribution is 7.99. The van der Waals surface area contributed by atoms with Crippen molar-refractivity contribution in [2.24, 2.45) is 0 Å². The maximum atomic E-state index is 12.9. The van der Waals surface area contributed by atoms with Gasteiger partial charge in [-0.15, -0.1) is 11.8 Å². The zero-order chi connectivity index (χ0) is 18.9. The molecule has 144 valence electrons. The molecule has 2 rings (SSSR count). The van der Waals surface area contributed by atoms with Gasteiger partial charge in [-0.05, 0) is 18.9 Å². The molecule has 0 aliphatic carbocycles. The Kier molecular flexibility index (Phi) is 8.79. The number of unbranched alkanes of at least 4 members (excludes halogenated alkanes) is 3. The van der Waals surface area contributed by atoms with E-state index in [2.05, 4.69) is 13.8 Å². The number of carbonyl (C=O) groups excluding carboxylic acids is 2. The maximum absolute atomic E-state index is 12.9. The second-order valence-corrected chi connectivity index (χ2v) is 8.02. The summed E-state index contributed by atoms with van der Waals surface area (Å²) < 4.78 is 5.41. The van der Waals surface area contributed by atoms with E-state index in [1.807, 2.05) is 24.3 Å². The van der Waals surface area contributed by atoms with Crippen molar-refractivity contribution < 1.29 is 14.3 Å². The van der Waals surface area contributed by atoms with Crippen LogP contribution in [-0.2, 0) is 14.3 Å². The van der Waals surface area contributed by atoms with Crippen molar-refractivity contribution in [2.45, 2.75) is 63.8 Å². The molecule has 0 spiro atoms. The molecule has 0 N–H and O–H groups in total. The van der Waals surface area contributed by atoms with E-state index >= 15 is 0 Å². The molecule has 0 bridgehead atoms. The summed E-state index contributed by atoms with van der Waals surface area (Å²) in [4.78, 5) is 27.2. The summed E-state index contributed by atoms with van der Waals surface area (Å²) in [6, 6.07) is 7.00. The second-order valence-electron chi connectivity index (χ2n) is 6.50. The van der Waals surface area contributed by atoms with Crippen LogP contribution in [0.1, 0.15) is 63.3 Å². The van der Waals surface area contributed by atoms with Gasteiger partial charge in [-0.2, -0.15) is 0 Å². The first-order valence-corrected chi connectivity index (χ1v) is 10.9. The van der Waals surface area contributed by atoms with Gasteiger partial charge < -0.3 is 9.64 Å². The minimum absolute atomic E-state index is 0.00538. The number of benzene rings is 1. The summed E-state index contributed by atoms with van der Waals surface area (Å²) in [6.07, 6.45) is 5.16. The van der Waals surface area contributed by atoms with Gasteiger partial charge in [0.15, 0.2) is 0 Å². The summed E-state index contributed by atoms with van der Waals surface area (Å²) >= 11 is 7.94. The van der Waals surface area contributed by atoms with E-state index in [4.69, 9.17) is 16.3 Å². The number of carbonyl (C=O) groups is 2. The molecule has 1 heterocycles. The number of rotatable bonds is 9. The molecule has 1 aliphatic heterocycles. The second kappa shape index (κ2) is 10.8. The molecule has 26 heavy (non-hydrogen) atoms. The third-order valence-corrected chi connectivity index (χ3v) is 6.12. The van der Waals surface area contributed by atoms with E-state index in [0.29, 0.717) is 23.8 Å². The van der Waals surface area contributed by atoms with Crippen LogP contribution in [0.5, 0.6) is 0 Å². The van der Waals surface area contributed by atoms with Crippen LogP contribution in [0.15, 0.2) is 24.3 Å². The first kappa shape index (κ1) is 21.1. The molecule has 4 nitrogen and oxygen atoms in total. The van der Waals surface area contributed by atoms with Gasteiger partial charge in [-0.3, -0.25) is 4.79 Å². The van der Waals surface area contributed by atoms with Gasteiger partial charge in [0, 0.05) is 22.8 Å². The lowest BCUT2D eigenvalue weighted by Crippen LogP contribution is -2.43. The van der Waals surface area contributed by atoms with E-state index in [0.717, 1.165) is 37.7 Å². The van der Waals surface area contributed by atoms with Crippen molar-refractivity contribution in [3.05, 3.63) is 34.9 Å². The highest BCUT2D eigenvalue weighted by Gasteiger charge is 2.43. The maximum Gasteiger partial charge on any atom is 0.329 e. The van der Waals surface area contributed by atoms with Crippen LogP contribution in [0.2, 0.25) is 5.02 Å². The van der Waals surface area contributed by atoms with E-state index < -0.39 is 6.04 Å². The van der Waals surface area contributed by atoms with E-state index in [1.54, 1.807) is 16.7 Å². The Balaban J connectivity index is 2.18. The fraction of sp³-hybridized carbons (Fsp3) is 0.600. The largest absolute Gasteiger partial charge is 0.464 e. The van der Waals surface area contributed by atoms with Gasteiger partial charge in [0.2, 0.25) is 5.91 Å². The molecule has 0 unspecified atom stereocenters. The van der Waals surface area contributed by atoms with E-state index in [9.17, 15) is 9.59 Å². The molecule has 1 aromatic carbocycles. The average molecular weight is 398 g/mol. The monoisotopic (exact) mass is 397 g/mol. The topological polar surface area (TPSA) is 46.6 Å². The number of halogens is 1. The van der Waals surface area contributed by atoms with Gasteiger partial charge in [-0.1, -0.05) is 62.9 Å². The Bertz CT molecular complexity index is 610. The van der Waals surface area contributed by atoms with E-state index in [-0.39, 0.29) is 17.3 Å². The lowest BCUT2D eigenvalue weighted by atomic mass is 10.1. The summed E-state index contributed by atoms with van der Waals surface area (Å²) in [7, 11) is 0. The standard InChI is InChI=1S/C20H28ClNO3S/c1-3-5-7-12-18(23)22-17(20(24)25-13-6-4-2)14-26-19(22)15-10-8-9-11-16(15)21/h8-11,17,19H,3-7,12-14H2,1-2H3/t17-,19-/m0/s1. The Hall–Kier alpha value is -1.20. The number of amides is 1. The number of esters is 1. The van der Waals surface area contributed by atoms with Crippen molar-refractivity contribution in [1.29, 1.82) is 0 Å². The van der Waals surface area contributed by atoms with Gasteiger partial charge in [0.25, 0.3) is 0 Å². The zero-order valence-corrected chi connectivity index (χ0v) is 17.2. The Labute approximate surface area is 165 Å². The number of thioether (sulfide) groups is 1.